The zero-order chi connectivity index (χ0) is 32.2. The molecule has 4 rings (SSSR count). The van der Waals surface area contributed by atoms with E-state index >= 15 is 0 Å². The van der Waals surface area contributed by atoms with Crippen LogP contribution in [0.2, 0.25) is 0 Å². The molecule has 14 heteroatoms. The molecular formula is C30H30F4N4O5S. The van der Waals surface area contributed by atoms with E-state index in [1.165, 1.54) is 24.6 Å². The Hall–Kier alpha value is -4.33. The summed E-state index contributed by atoms with van der Waals surface area (Å²) in [6.45, 7) is 4.87. The molecule has 44 heavy (non-hydrogen) atoms. The van der Waals surface area contributed by atoms with Gasteiger partial charge in [0, 0.05) is 18.5 Å². The van der Waals surface area contributed by atoms with Crippen LogP contribution in [0.4, 0.5) is 17.6 Å². The quantitative estimate of drug-likeness (QED) is 0.216. The van der Waals surface area contributed by atoms with Gasteiger partial charge in [-0.25, -0.2) is 22.8 Å². The van der Waals surface area contributed by atoms with Crippen molar-refractivity contribution in [1.29, 1.82) is 0 Å². The highest BCUT2D eigenvalue weighted by molar-refractivity contribution is 7.91. The Morgan fingerprint density at radius 1 is 1.09 bits per heavy atom. The topological polar surface area (TPSA) is 111 Å². The van der Waals surface area contributed by atoms with Crippen molar-refractivity contribution in [3.05, 3.63) is 93.9 Å². The molecule has 2 aromatic carbocycles. The van der Waals surface area contributed by atoms with Crippen LogP contribution in [0.5, 0.6) is 5.75 Å². The predicted molar refractivity (Wildman–Crippen MR) is 156 cm³/mol. The molecule has 0 spiro atoms. The van der Waals surface area contributed by atoms with Crippen LogP contribution < -0.4 is 10.3 Å². The molecule has 4 aromatic rings. The molecule has 0 N–H and O–H groups in total. The monoisotopic (exact) mass is 634 g/mol. The van der Waals surface area contributed by atoms with Gasteiger partial charge in [0.1, 0.15) is 17.4 Å². The van der Waals surface area contributed by atoms with Crippen LogP contribution in [-0.4, -0.2) is 58.4 Å². The Bertz CT molecular complexity index is 1830. The van der Waals surface area contributed by atoms with E-state index in [4.69, 9.17) is 4.74 Å². The van der Waals surface area contributed by atoms with E-state index in [9.17, 15) is 35.6 Å². The van der Waals surface area contributed by atoms with E-state index in [-0.39, 0.29) is 34.7 Å². The molecule has 2 heterocycles. The lowest BCUT2D eigenvalue weighted by atomic mass is 10.1. The minimum Gasteiger partial charge on any atom is -0.494 e. The summed E-state index contributed by atoms with van der Waals surface area (Å²) in [7, 11) is -3.59. The van der Waals surface area contributed by atoms with Crippen LogP contribution in [-0.2, 0) is 27.2 Å². The molecule has 0 saturated heterocycles. The summed E-state index contributed by atoms with van der Waals surface area (Å²) in [6.07, 6.45) is -4.14. The van der Waals surface area contributed by atoms with Crippen LogP contribution >= 0.6 is 0 Å². The number of ether oxygens (including phenoxy) is 1. The second kappa shape index (κ2) is 13.1. The molecule has 0 aliphatic heterocycles. The molecule has 0 aliphatic carbocycles. The van der Waals surface area contributed by atoms with Crippen LogP contribution in [0, 0.1) is 5.82 Å². The fourth-order valence-electron chi connectivity index (χ4n) is 4.66. The highest BCUT2D eigenvalue weighted by atomic mass is 32.2. The first-order chi connectivity index (χ1) is 20.8. The SMILES string of the molecule is CCOc1ccc(-n2c(C(C)N(CCS(=O)(=O)CC)C(=O)Cc3ccc(F)c(C(F)(F)F)c3)nc3ncccc3c2=O)cc1. The molecule has 1 atom stereocenters. The average molecular weight is 635 g/mol. The first-order valence-corrected chi connectivity index (χ1v) is 15.5. The zero-order valence-electron chi connectivity index (χ0n) is 24.1. The van der Waals surface area contributed by atoms with Gasteiger partial charge < -0.3 is 9.64 Å². The predicted octanol–water partition coefficient (Wildman–Crippen LogP) is 4.90. The number of fused-ring (bicyclic) bond motifs is 1. The van der Waals surface area contributed by atoms with Gasteiger partial charge in [0.15, 0.2) is 15.5 Å². The summed E-state index contributed by atoms with van der Waals surface area (Å²) in [5.74, 6) is -2.30. The van der Waals surface area contributed by atoms with Gasteiger partial charge in [0.25, 0.3) is 5.56 Å². The molecule has 0 radical (unpaired) electrons. The number of carbonyl (C=O) groups excluding carboxylic acids is 1. The van der Waals surface area contributed by atoms with Crippen molar-refractivity contribution >= 4 is 26.8 Å². The fourth-order valence-corrected chi connectivity index (χ4v) is 5.42. The number of halogens is 4. The number of aromatic nitrogens is 3. The standard InChI is InChI=1S/C30H30F4N4O5S/c1-4-43-22-11-9-21(10-12-22)38-28(36-27-23(29(38)40)7-6-14-35-27)19(3)37(15-16-44(41,42)5-2)26(39)18-20-8-13-25(31)24(17-20)30(32,33)34/h6-14,17,19H,4-5,15-16,18H2,1-3H3. The summed E-state index contributed by atoms with van der Waals surface area (Å²) in [5, 5.41) is 0.190. The highest BCUT2D eigenvalue weighted by Crippen LogP contribution is 2.32. The van der Waals surface area contributed by atoms with Crippen molar-refractivity contribution < 1.29 is 35.5 Å². The van der Waals surface area contributed by atoms with Crippen LogP contribution in [0.25, 0.3) is 16.7 Å². The van der Waals surface area contributed by atoms with E-state index in [0.717, 1.165) is 11.0 Å². The zero-order valence-corrected chi connectivity index (χ0v) is 25.0. The first-order valence-electron chi connectivity index (χ1n) is 13.7. The highest BCUT2D eigenvalue weighted by Gasteiger charge is 2.35. The van der Waals surface area contributed by atoms with E-state index in [1.54, 1.807) is 36.4 Å². The minimum atomic E-state index is -4.98. The minimum absolute atomic E-state index is 0.0442. The third-order valence-electron chi connectivity index (χ3n) is 7.01. The Morgan fingerprint density at radius 2 is 1.80 bits per heavy atom. The molecule has 0 aliphatic rings. The Labute approximate surface area is 251 Å². The summed E-state index contributed by atoms with van der Waals surface area (Å²) >= 11 is 0. The van der Waals surface area contributed by atoms with Gasteiger partial charge in [-0.1, -0.05) is 13.0 Å². The van der Waals surface area contributed by atoms with E-state index < -0.39 is 57.1 Å². The van der Waals surface area contributed by atoms with E-state index in [0.29, 0.717) is 30.2 Å². The fraction of sp³-hybridized carbons (Fsp3) is 0.333. The van der Waals surface area contributed by atoms with Crippen molar-refractivity contribution in [2.45, 2.75) is 39.4 Å². The molecular weight excluding hydrogens is 604 g/mol. The lowest BCUT2D eigenvalue weighted by Gasteiger charge is -2.30. The summed E-state index contributed by atoms with van der Waals surface area (Å²) in [5.41, 5.74) is -1.70. The number of nitrogens with zero attached hydrogens (tertiary/aromatic N) is 4. The third-order valence-corrected chi connectivity index (χ3v) is 8.70. The Balaban J connectivity index is 1.83. The van der Waals surface area contributed by atoms with E-state index in [1.807, 2.05) is 6.92 Å². The average Bonchev–Trinajstić information content (AvgIpc) is 2.98. The van der Waals surface area contributed by atoms with Crippen molar-refractivity contribution in [2.24, 2.45) is 0 Å². The van der Waals surface area contributed by atoms with Crippen molar-refractivity contribution in [1.82, 2.24) is 19.4 Å². The number of benzene rings is 2. The first kappa shape index (κ1) is 32.6. The van der Waals surface area contributed by atoms with Crippen LogP contribution in [0.1, 0.15) is 43.8 Å². The van der Waals surface area contributed by atoms with Gasteiger partial charge in [0.05, 0.1) is 41.5 Å². The van der Waals surface area contributed by atoms with Gasteiger partial charge in [0.2, 0.25) is 5.91 Å². The smallest absolute Gasteiger partial charge is 0.419 e. The number of hydrogen-bond acceptors (Lipinski definition) is 7. The molecule has 1 unspecified atom stereocenters. The second-order valence-corrected chi connectivity index (χ2v) is 12.4. The number of rotatable bonds is 11. The molecule has 0 bridgehead atoms. The lowest BCUT2D eigenvalue weighted by molar-refractivity contribution is -0.140. The second-order valence-electron chi connectivity index (χ2n) is 9.90. The summed E-state index contributed by atoms with van der Waals surface area (Å²) in [6, 6.07) is 10.8. The molecule has 1 amide bonds. The molecule has 0 saturated carbocycles. The maximum Gasteiger partial charge on any atom is 0.419 e. The van der Waals surface area contributed by atoms with Gasteiger partial charge in [-0.15, -0.1) is 0 Å². The van der Waals surface area contributed by atoms with Crippen molar-refractivity contribution in [2.75, 3.05) is 24.7 Å². The molecule has 9 nitrogen and oxygen atoms in total. The maximum atomic E-state index is 13.9. The summed E-state index contributed by atoms with van der Waals surface area (Å²) < 4.78 is 85.6. The lowest BCUT2D eigenvalue weighted by Crippen LogP contribution is -2.41. The number of hydrogen-bond donors (Lipinski definition) is 0. The molecule has 0 fully saturated rings. The van der Waals surface area contributed by atoms with Crippen LogP contribution in [0.3, 0.4) is 0 Å². The van der Waals surface area contributed by atoms with Gasteiger partial charge in [-0.3, -0.25) is 14.2 Å². The van der Waals surface area contributed by atoms with Crippen molar-refractivity contribution in [3.63, 3.8) is 0 Å². The largest absolute Gasteiger partial charge is 0.494 e. The number of sulfone groups is 1. The van der Waals surface area contributed by atoms with Gasteiger partial charge in [-0.05, 0) is 67.9 Å². The molecule has 234 valence electrons. The van der Waals surface area contributed by atoms with Gasteiger partial charge in [-0.2, -0.15) is 13.2 Å². The van der Waals surface area contributed by atoms with Crippen molar-refractivity contribution in [3.8, 4) is 11.4 Å². The Morgan fingerprint density at radius 3 is 2.43 bits per heavy atom. The Kier molecular flexibility index (Phi) is 9.72. The third kappa shape index (κ3) is 7.24. The number of carbonyl (C=O) groups is 1. The van der Waals surface area contributed by atoms with E-state index in [2.05, 4.69) is 9.97 Å². The normalized spacial score (nSPS) is 12.7. The van der Waals surface area contributed by atoms with Crippen LogP contribution in [0.15, 0.2) is 65.6 Å². The van der Waals surface area contributed by atoms with Gasteiger partial charge >= 0.3 is 6.18 Å². The number of alkyl halides is 3. The molecule has 2 aromatic heterocycles. The maximum absolute atomic E-state index is 13.9. The number of amides is 1. The number of pyridine rings is 1. The summed E-state index contributed by atoms with van der Waals surface area (Å²) in [4.78, 5) is 37.4.